The van der Waals surface area contributed by atoms with Crippen LogP contribution in [0.15, 0.2) is 42.5 Å². The zero-order valence-corrected chi connectivity index (χ0v) is 16.8. The van der Waals surface area contributed by atoms with E-state index in [2.05, 4.69) is 17.1 Å². The van der Waals surface area contributed by atoms with Crippen molar-refractivity contribution in [3.05, 3.63) is 59.3 Å². The van der Waals surface area contributed by atoms with Crippen molar-refractivity contribution in [2.24, 2.45) is 0 Å². The number of nitrogens with zero attached hydrogens (tertiary/aromatic N) is 1. The minimum Gasteiger partial charge on any atom is -0.490 e. The molecule has 0 aliphatic carbocycles. The van der Waals surface area contributed by atoms with Gasteiger partial charge < -0.3 is 19.4 Å². The Morgan fingerprint density at radius 1 is 1.00 bits per heavy atom. The van der Waals surface area contributed by atoms with Crippen LogP contribution in [0, 0.1) is 0 Å². The molecule has 30 heavy (non-hydrogen) atoms. The molecule has 0 bridgehead atoms. The van der Waals surface area contributed by atoms with Crippen LogP contribution in [0.1, 0.15) is 40.9 Å². The van der Waals surface area contributed by atoms with Crippen LogP contribution in [0.2, 0.25) is 0 Å². The number of rotatable bonds is 4. The maximum atomic E-state index is 12.8. The second-order valence-electron chi connectivity index (χ2n) is 7.83. The van der Waals surface area contributed by atoms with Gasteiger partial charge in [0.2, 0.25) is 5.91 Å². The number of aromatic amines is 1. The van der Waals surface area contributed by atoms with Gasteiger partial charge in [-0.15, -0.1) is 0 Å². The second-order valence-corrected chi connectivity index (χ2v) is 7.83. The van der Waals surface area contributed by atoms with Crippen LogP contribution in [0.4, 0.5) is 0 Å². The molecule has 0 atom stereocenters. The van der Waals surface area contributed by atoms with Gasteiger partial charge in [0.15, 0.2) is 17.3 Å². The van der Waals surface area contributed by atoms with Gasteiger partial charge in [0.1, 0.15) is 0 Å². The number of H-pyrrole nitrogens is 1. The minimum absolute atomic E-state index is 0.0219. The van der Waals surface area contributed by atoms with Gasteiger partial charge in [-0.1, -0.05) is 18.2 Å². The standard InChI is InChI=1S/C24H24N2O4/c27-21(16-6-8-22-23(14-16)30-13-3-12-29-22)7-9-24(28)26-11-10-20-18(15-26)17-4-1-2-5-19(17)25-20/h1-2,4-6,8,14,25H,3,7,9-13,15H2. The molecule has 1 amide bonds. The van der Waals surface area contributed by atoms with Crippen LogP contribution in [0.25, 0.3) is 10.9 Å². The molecule has 6 nitrogen and oxygen atoms in total. The number of nitrogens with one attached hydrogen (secondary N) is 1. The number of Topliss-reactive ketones (excluding diaryl/α,β-unsaturated/α-hetero) is 1. The highest BCUT2D eigenvalue weighted by Crippen LogP contribution is 2.31. The van der Waals surface area contributed by atoms with Crippen LogP contribution in [-0.4, -0.2) is 41.3 Å². The highest BCUT2D eigenvalue weighted by atomic mass is 16.5. The predicted octanol–water partition coefficient (Wildman–Crippen LogP) is 3.88. The SMILES string of the molecule is O=C(CCC(=O)N1CCc2[nH]c3ccccc3c2C1)c1ccc2c(c1)OCCCO2. The van der Waals surface area contributed by atoms with Crippen LogP contribution < -0.4 is 9.47 Å². The molecule has 6 heteroatoms. The lowest BCUT2D eigenvalue weighted by atomic mass is 10.0. The molecule has 0 fully saturated rings. The largest absolute Gasteiger partial charge is 0.490 e. The van der Waals surface area contributed by atoms with Crippen molar-refractivity contribution in [2.45, 2.75) is 32.2 Å². The number of para-hydroxylation sites is 1. The number of hydrogen-bond acceptors (Lipinski definition) is 4. The summed E-state index contributed by atoms with van der Waals surface area (Å²) in [5.41, 5.74) is 4.08. The Balaban J connectivity index is 1.23. The third-order valence-electron chi connectivity index (χ3n) is 5.87. The predicted molar refractivity (Wildman–Crippen MR) is 113 cm³/mol. The molecular weight excluding hydrogens is 380 g/mol. The third-order valence-corrected chi connectivity index (χ3v) is 5.87. The Labute approximate surface area is 174 Å². The third kappa shape index (κ3) is 3.54. The molecule has 2 aliphatic rings. The highest BCUT2D eigenvalue weighted by molar-refractivity contribution is 5.98. The molecule has 2 aliphatic heterocycles. The molecule has 2 aromatic carbocycles. The average Bonchev–Trinajstić information content (AvgIpc) is 2.98. The second kappa shape index (κ2) is 7.86. The maximum absolute atomic E-state index is 12.8. The fourth-order valence-corrected chi connectivity index (χ4v) is 4.24. The molecule has 0 saturated heterocycles. The molecule has 3 heterocycles. The molecule has 0 unspecified atom stereocenters. The first kappa shape index (κ1) is 18.7. The van der Waals surface area contributed by atoms with E-state index in [1.165, 1.54) is 16.6 Å². The zero-order chi connectivity index (χ0) is 20.5. The summed E-state index contributed by atoms with van der Waals surface area (Å²) in [6.07, 6.45) is 2.03. The number of fused-ring (bicyclic) bond motifs is 4. The van der Waals surface area contributed by atoms with E-state index in [0.29, 0.717) is 43.4 Å². The Morgan fingerprint density at radius 3 is 2.73 bits per heavy atom. The summed E-state index contributed by atoms with van der Waals surface area (Å²) in [6.45, 7) is 2.46. The molecule has 1 aromatic heterocycles. The van der Waals surface area contributed by atoms with E-state index in [1.54, 1.807) is 18.2 Å². The number of carbonyl (C=O) groups is 2. The van der Waals surface area contributed by atoms with Crippen molar-refractivity contribution in [1.29, 1.82) is 0 Å². The van der Waals surface area contributed by atoms with Gasteiger partial charge >= 0.3 is 0 Å². The van der Waals surface area contributed by atoms with Crippen molar-refractivity contribution >= 4 is 22.6 Å². The van der Waals surface area contributed by atoms with Crippen molar-refractivity contribution in [2.75, 3.05) is 19.8 Å². The lowest BCUT2D eigenvalue weighted by Gasteiger charge is -2.27. The topological polar surface area (TPSA) is 71.6 Å². The Hall–Kier alpha value is -3.28. The molecule has 0 radical (unpaired) electrons. The number of carbonyl (C=O) groups excluding carboxylic acids is 2. The molecule has 154 valence electrons. The van der Waals surface area contributed by atoms with Crippen molar-refractivity contribution in [3.63, 3.8) is 0 Å². The Kier molecular flexibility index (Phi) is 4.91. The first-order valence-corrected chi connectivity index (χ1v) is 10.5. The lowest BCUT2D eigenvalue weighted by Crippen LogP contribution is -2.35. The number of hydrogen-bond donors (Lipinski definition) is 1. The van der Waals surface area contributed by atoms with Crippen molar-refractivity contribution < 1.29 is 19.1 Å². The number of amides is 1. The summed E-state index contributed by atoms with van der Waals surface area (Å²) in [7, 11) is 0. The fraction of sp³-hybridized carbons (Fsp3) is 0.333. The molecule has 0 saturated carbocycles. The number of benzene rings is 2. The fourth-order valence-electron chi connectivity index (χ4n) is 4.24. The van der Waals surface area contributed by atoms with Gasteiger partial charge in [0.25, 0.3) is 0 Å². The molecule has 3 aromatic rings. The van der Waals surface area contributed by atoms with Gasteiger partial charge in [-0.3, -0.25) is 9.59 Å². The van der Waals surface area contributed by atoms with E-state index in [-0.39, 0.29) is 24.5 Å². The smallest absolute Gasteiger partial charge is 0.223 e. The van der Waals surface area contributed by atoms with Crippen LogP contribution >= 0.6 is 0 Å². The summed E-state index contributed by atoms with van der Waals surface area (Å²) < 4.78 is 11.3. The summed E-state index contributed by atoms with van der Waals surface area (Å²) in [5, 5.41) is 1.17. The molecule has 5 rings (SSSR count). The lowest BCUT2D eigenvalue weighted by molar-refractivity contribution is -0.132. The van der Waals surface area contributed by atoms with Gasteiger partial charge in [-0.05, 0) is 24.3 Å². The van der Waals surface area contributed by atoms with E-state index < -0.39 is 0 Å². The Bertz CT molecular complexity index is 1120. The van der Waals surface area contributed by atoms with E-state index >= 15 is 0 Å². The van der Waals surface area contributed by atoms with Gasteiger partial charge in [-0.2, -0.15) is 0 Å². The molecular formula is C24H24N2O4. The Morgan fingerprint density at radius 2 is 1.83 bits per heavy atom. The zero-order valence-electron chi connectivity index (χ0n) is 16.8. The highest BCUT2D eigenvalue weighted by Gasteiger charge is 2.24. The van der Waals surface area contributed by atoms with E-state index in [9.17, 15) is 9.59 Å². The monoisotopic (exact) mass is 404 g/mol. The quantitative estimate of drug-likeness (QED) is 0.670. The van der Waals surface area contributed by atoms with Gasteiger partial charge in [0.05, 0.1) is 13.2 Å². The van der Waals surface area contributed by atoms with Gasteiger partial charge in [0, 0.05) is 66.5 Å². The van der Waals surface area contributed by atoms with Crippen LogP contribution in [0.5, 0.6) is 11.5 Å². The van der Waals surface area contributed by atoms with Crippen molar-refractivity contribution in [3.8, 4) is 11.5 Å². The first-order chi connectivity index (χ1) is 14.7. The normalized spacial score (nSPS) is 15.5. The minimum atomic E-state index is -0.0520. The molecule has 0 spiro atoms. The molecule has 1 N–H and O–H groups in total. The number of ketones is 1. The number of ether oxygens (including phenoxy) is 2. The van der Waals surface area contributed by atoms with Gasteiger partial charge in [-0.25, -0.2) is 0 Å². The average molecular weight is 404 g/mol. The van der Waals surface area contributed by atoms with Crippen molar-refractivity contribution in [1.82, 2.24) is 9.88 Å². The van der Waals surface area contributed by atoms with E-state index in [4.69, 9.17) is 9.47 Å². The summed E-state index contributed by atoms with van der Waals surface area (Å²) in [4.78, 5) is 30.8. The van der Waals surface area contributed by atoms with E-state index in [0.717, 1.165) is 18.4 Å². The summed E-state index contributed by atoms with van der Waals surface area (Å²) in [6, 6.07) is 13.4. The van der Waals surface area contributed by atoms with E-state index in [1.807, 2.05) is 17.0 Å². The van der Waals surface area contributed by atoms with Crippen LogP contribution in [-0.2, 0) is 17.8 Å². The first-order valence-electron chi connectivity index (χ1n) is 10.5. The maximum Gasteiger partial charge on any atom is 0.223 e. The van der Waals surface area contributed by atoms with Crippen LogP contribution in [0.3, 0.4) is 0 Å². The number of aromatic nitrogens is 1. The summed E-state index contributed by atoms with van der Waals surface area (Å²) in [5.74, 6) is 1.24. The summed E-state index contributed by atoms with van der Waals surface area (Å²) >= 11 is 0.